The second-order valence-corrected chi connectivity index (χ2v) is 5.63. The Morgan fingerprint density at radius 1 is 1.20 bits per heavy atom. The Labute approximate surface area is 122 Å². The minimum Gasteiger partial charge on any atom is -0.493 e. The van der Waals surface area contributed by atoms with E-state index in [4.69, 9.17) is 4.74 Å². The number of hydrogen-bond donors (Lipinski definition) is 0. The predicted octanol–water partition coefficient (Wildman–Crippen LogP) is 4.01. The molecule has 0 bridgehead atoms. The smallest absolute Gasteiger partial charge is 0.130 e. The second kappa shape index (κ2) is 6.01. The van der Waals surface area contributed by atoms with Crippen LogP contribution >= 0.6 is 11.5 Å². The number of para-hydroxylation sites is 1. The lowest BCUT2D eigenvalue weighted by Gasteiger charge is -2.09. The summed E-state index contributed by atoms with van der Waals surface area (Å²) in [5, 5.41) is 1.08. The first-order chi connectivity index (χ1) is 9.83. The van der Waals surface area contributed by atoms with Crippen molar-refractivity contribution >= 4 is 22.4 Å². The highest BCUT2D eigenvalue weighted by Gasteiger charge is 2.04. The molecule has 4 heteroatoms. The molecule has 0 unspecified atom stereocenters. The Hall–Kier alpha value is -1.94. The molecule has 3 nitrogen and oxygen atoms in total. The van der Waals surface area contributed by atoms with Crippen LogP contribution in [0.3, 0.4) is 0 Å². The van der Waals surface area contributed by atoms with E-state index in [1.807, 2.05) is 37.4 Å². The Kier molecular flexibility index (Phi) is 3.92. The minimum atomic E-state index is 0.714. The van der Waals surface area contributed by atoms with Crippen molar-refractivity contribution in [2.45, 2.75) is 19.8 Å². The largest absolute Gasteiger partial charge is 0.493 e. The van der Waals surface area contributed by atoms with Crippen LogP contribution in [0, 0.1) is 6.92 Å². The van der Waals surface area contributed by atoms with Gasteiger partial charge in [0.05, 0.1) is 12.1 Å². The fourth-order valence-corrected chi connectivity index (χ4v) is 2.80. The highest BCUT2D eigenvalue weighted by atomic mass is 32.1. The van der Waals surface area contributed by atoms with Crippen molar-refractivity contribution < 1.29 is 4.74 Å². The lowest BCUT2D eigenvalue weighted by atomic mass is 10.2. The number of ether oxygens (including phenoxy) is 1. The van der Waals surface area contributed by atoms with E-state index < -0.39 is 0 Å². The summed E-state index contributed by atoms with van der Waals surface area (Å²) in [5.41, 5.74) is 1.98. The van der Waals surface area contributed by atoms with Crippen molar-refractivity contribution in [1.29, 1.82) is 0 Å². The van der Waals surface area contributed by atoms with Gasteiger partial charge in [-0.1, -0.05) is 12.1 Å². The quantitative estimate of drug-likeness (QED) is 0.664. The lowest BCUT2D eigenvalue weighted by molar-refractivity contribution is 0.314. The van der Waals surface area contributed by atoms with Gasteiger partial charge < -0.3 is 4.74 Å². The number of pyridine rings is 1. The molecule has 0 radical (unpaired) electrons. The molecular weight excluding hydrogens is 268 g/mol. The molecule has 0 saturated carbocycles. The number of aryl methyl sites for hydroxylation is 2. The van der Waals surface area contributed by atoms with Crippen molar-refractivity contribution in [1.82, 2.24) is 9.36 Å². The number of rotatable bonds is 5. The van der Waals surface area contributed by atoms with E-state index in [9.17, 15) is 0 Å². The zero-order valence-electron chi connectivity index (χ0n) is 11.4. The van der Waals surface area contributed by atoms with Crippen LogP contribution in [0.1, 0.15) is 17.0 Å². The summed E-state index contributed by atoms with van der Waals surface area (Å²) in [5.74, 6) is 0.928. The van der Waals surface area contributed by atoms with Gasteiger partial charge in [-0.2, -0.15) is 0 Å². The maximum atomic E-state index is 5.94. The summed E-state index contributed by atoms with van der Waals surface area (Å²) in [6.45, 7) is 2.71. The molecule has 2 aromatic heterocycles. The Morgan fingerprint density at radius 2 is 2.10 bits per heavy atom. The van der Waals surface area contributed by atoms with Crippen LogP contribution in [0.2, 0.25) is 0 Å². The Morgan fingerprint density at radius 3 is 2.95 bits per heavy atom. The third kappa shape index (κ3) is 2.96. The van der Waals surface area contributed by atoms with E-state index in [1.54, 1.807) is 11.5 Å². The lowest BCUT2D eigenvalue weighted by Crippen LogP contribution is -2.00. The minimum absolute atomic E-state index is 0.714. The van der Waals surface area contributed by atoms with E-state index in [2.05, 4.69) is 21.5 Å². The molecule has 0 fully saturated rings. The van der Waals surface area contributed by atoms with E-state index in [0.717, 1.165) is 35.2 Å². The molecule has 3 rings (SSSR count). The molecule has 0 saturated heterocycles. The molecule has 102 valence electrons. The van der Waals surface area contributed by atoms with Crippen molar-refractivity contribution in [2.75, 3.05) is 6.61 Å². The molecule has 3 aromatic rings. The van der Waals surface area contributed by atoms with Crippen LogP contribution in [-0.4, -0.2) is 16.0 Å². The Bertz CT molecular complexity index is 695. The standard InChI is InChI=1S/C16H16N2OS/c1-12-11-16(14-6-2-3-7-15(14)18-12)19-10-4-5-13-8-9-17-20-13/h2-3,6-9,11H,4-5,10H2,1H3. The third-order valence-corrected chi connectivity index (χ3v) is 3.92. The molecule has 20 heavy (non-hydrogen) atoms. The number of nitrogens with zero attached hydrogens (tertiary/aromatic N) is 2. The Balaban J connectivity index is 1.68. The van der Waals surface area contributed by atoms with Crippen molar-refractivity contribution in [3.8, 4) is 5.75 Å². The zero-order valence-corrected chi connectivity index (χ0v) is 12.2. The van der Waals surface area contributed by atoms with Crippen molar-refractivity contribution in [3.05, 3.63) is 53.2 Å². The van der Waals surface area contributed by atoms with Gasteiger partial charge in [-0.3, -0.25) is 4.98 Å². The summed E-state index contributed by atoms with van der Waals surface area (Å²) < 4.78 is 10.0. The van der Waals surface area contributed by atoms with Gasteiger partial charge in [-0.15, -0.1) is 0 Å². The van der Waals surface area contributed by atoms with Gasteiger partial charge in [0, 0.05) is 28.2 Å². The van der Waals surface area contributed by atoms with E-state index in [1.165, 1.54) is 4.88 Å². The first-order valence-electron chi connectivity index (χ1n) is 6.72. The van der Waals surface area contributed by atoms with Crippen molar-refractivity contribution in [2.24, 2.45) is 0 Å². The first kappa shape index (κ1) is 13.1. The van der Waals surface area contributed by atoms with Gasteiger partial charge in [0.15, 0.2) is 0 Å². The van der Waals surface area contributed by atoms with Gasteiger partial charge in [0.25, 0.3) is 0 Å². The van der Waals surface area contributed by atoms with Crippen LogP contribution in [0.5, 0.6) is 5.75 Å². The average Bonchev–Trinajstić information content (AvgIpc) is 2.96. The normalized spacial score (nSPS) is 10.8. The maximum Gasteiger partial charge on any atom is 0.130 e. The molecule has 0 aliphatic carbocycles. The summed E-state index contributed by atoms with van der Waals surface area (Å²) in [7, 11) is 0. The fourth-order valence-electron chi connectivity index (χ4n) is 2.19. The molecule has 0 aliphatic heterocycles. The number of benzene rings is 1. The highest BCUT2D eigenvalue weighted by Crippen LogP contribution is 2.25. The third-order valence-electron chi connectivity index (χ3n) is 3.12. The van der Waals surface area contributed by atoms with Crippen molar-refractivity contribution in [3.63, 3.8) is 0 Å². The topological polar surface area (TPSA) is 35.0 Å². The van der Waals surface area contributed by atoms with Gasteiger partial charge in [0.1, 0.15) is 5.75 Å². The molecule has 0 atom stereocenters. The second-order valence-electron chi connectivity index (χ2n) is 4.71. The summed E-state index contributed by atoms with van der Waals surface area (Å²) in [6.07, 6.45) is 3.87. The number of aromatic nitrogens is 2. The van der Waals surface area contributed by atoms with Crippen LogP contribution in [-0.2, 0) is 6.42 Å². The van der Waals surface area contributed by atoms with Gasteiger partial charge in [0.2, 0.25) is 0 Å². The monoisotopic (exact) mass is 284 g/mol. The summed E-state index contributed by atoms with van der Waals surface area (Å²) in [6, 6.07) is 12.2. The van der Waals surface area contributed by atoms with E-state index >= 15 is 0 Å². The number of hydrogen-bond acceptors (Lipinski definition) is 4. The average molecular weight is 284 g/mol. The van der Waals surface area contributed by atoms with E-state index in [-0.39, 0.29) is 0 Å². The highest BCUT2D eigenvalue weighted by molar-refractivity contribution is 7.05. The molecule has 0 spiro atoms. The summed E-state index contributed by atoms with van der Waals surface area (Å²) >= 11 is 1.56. The summed E-state index contributed by atoms with van der Waals surface area (Å²) in [4.78, 5) is 5.83. The van der Waals surface area contributed by atoms with Crippen LogP contribution in [0.15, 0.2) is 42.6 Å². The fraction of sp³-hybridized carbons (Fsp3) is 0.250. The molecular formula is C16H16N2OS. The van der Waals surface area contributed by atoms with Gasteiger partial charge >= 0.3 is 0 Å². The van der Waals surface area contributed by atoms with E-state index in [0.29, 0.717) is 6.61 Å². The molecule has 2 heterocycles. The maximum absolute atomic E-state index is 5.94. The molecule has 0 N–H and O–H groups in total. The van der Waals surface area contributed by atoms with Gasteiger partial charge in [-0.25, -0.2) is 4.37 Å². The molecule has 0 amide bonds. The predicted molar refractivity (Wildman–Crippen MR) is 82.4 cm³/mol. The van der Waals surface area contributed by atoms with Gasteiger partial charge in [-0.05, 0) is 49.5 Å². The van der Waals surface area contributed by atoms with Crippen LogP contribution in [0.25, 0.3) is 10.9 Å². The zero-order chi connectivity index (χ0) is 13.8. The van der Waals surface area contributed by atoms with Crippen LogP contribution in [0.4, 0.5) is 0 Å². The molecule has 1 aromatic carbocycles. The molecule has 0 aliphatic rings. The number of fused-ring (bicyclic) bond motifs is 1. The van der Waals surface area contributed by atoms with Crippen LogP contribution < -0.4 is 4.74 Å². The first-order valence-corrected chi connectivity index (χ1v) is 7.49. The SMILES string of the molecule is Cc1cc(OCCCc2ccns2)c2ccccc2n1.